The Hall–Kier alpha value is -2.36. The number of allylic oxidation sites excluding steroid dienone is 1. The van der Waals surface area contributed by atoms with Gasteiger partial charge in [-0.2, -0.15) is 5.26 Å². The van der Waals surface area contributed by atoms with Crippen LogP contribution in [0.2, 0.25) is 0 Å². The Morgan fingerprint density at radius 1 is 1.17 bits per heavy atom. The van der Waals surface area contributed by atoms with Crippen molar-refractivity contribution in [2.75, 3.05) is 6.61 Å². The van der Waals surface area contributed by atoms with Gasteiger partial charge in [-0.25, -0.2) is 8.42 Å². The first-order chi connectivity index (χ1) is 11.5. The first-order valence-corrected chi connectivity index (χ1v) is 9.33. The van der Waals surface area contributed by atoms with E-state index in [9.17, 15) is 13.7 Å². The van der Waals surface area contributed by atoms with E-state index in [1.54, 1.807) is 18.2 Å². The minimum Gasteiger partial charge on any atom is -0.488 e. The van der Waals surface area contributed by atoms with E-state index in [4.69, 9.17) is 4.74 Å². The normalized spacial score (nSPS) is 14.2. The molecule has 0 saturated heterocycles. The third-order valence-electron chi connectivity index (χ3n) is 3.49. The highest BCUT2D eigenvalue weighted by Crippen LogP contribution is 2.28. The van der Waals surface area contributed by atoms with Gasteiger partial charge >= 0.3 is 0 Å². The van der Waals surface area contributed by atoms with Gasteiger partial charge in [0.25, 0.3) is 0 Å². The quantitative estimate of drug-likeness (QED) is 0.725. The lowest BCUT2D eigenvalue weighted by Gasteiger charge is -2.16. The van der Waals surface area contributed by atoms with Crippen LogP contribution in [0.5, 0.6) is 5.75 Å². The van der Waals surface area contributed by atoms with Crippen LogP contribution in [-0.2, 0) is 9.84 Å². The van der Waals surface area contributed by atoms with Crippen molar-refractivity contribution in [2.45, 2.75) is 4.90 Å². The molecule has 0 N–H and O–H groups in total. The van der Waals surface area contributed by atoms with Gasteiger partial charge in [-0.1, -0.05) is 34.1 Å². The largest absolute Gasteiger partial charge is 0.488 e. The van der Waals surface area contributed by atoms with Crippen molar-refractivity contribution >= 4 is 31.8 Å². The molecule has 0 radical (unpaired) electrons. The van der Waals surface area contributed by atoms with Crippen molar-refractivity contribution in [1.82, 2.24) is 0 Å². The second-order valence-corrected chi connectivity index (χ2v) is 7.96. The molecule has 0 aliphatic carbocycles. The maximum Gasteiger partial charge on any atom is 0.216 e. The molecule has 1 aliphatic heterocycles. The molecule has 0 atom stereocenters. The highest BCUT2D eigenvalue weighted by atomic mass is 79.9. The van der Waals surface area contributed by atoms with E-state index in [1.807, 2.05) is 30.3 Å². The zero-order valence-corrected chi connectivity index (χ0v) is 14.8. The van der Waals surface area contributed by atoms with Crippen molar-refractivity contribution in [2.24, 2.45) is 0 Å². The van der Waals surface area contributed by atoms with Crippen molar-refractivity contribution in [3.05, 3.63) is 75.1 Å². The van der Waals surface area contributed by atoms with Gasteiger partial charge in [-0.3, -0.25) is 0 Å². The van der Waals surface area contributed by atoms with E-state index >= 15 is 0 Å². The van der Waals surface area contributed by atoms with Gasteiger partial charge in [-0.05, 0) is 48.1 Å². The molecule has 0 aromatic heterocycles. The van der Waals surface area contributed by atoms with Crippen LogP contribution in [-0.4, -0.2) is 15.0 Å². The molecule has 0 saturated carbocycles. The van der Waals surface area contributed by atoms with Crippen molar-refractivity contribution in [3.8, 4) is 11.8 Å². The van der Waals surface area contributed by atoms with E-state index in [0.717, 1.165) is 15.8 Å². The Bertz CT molecular complexity index is 984. The monoisotopic (exact) mass is 401 g/mol. The number of rotatable bonds is 3. The van der Waals surface area contributed by atoms with Crippen molar-refractivity contribution < 1.29 is 13.2 Å². The summed E-state index contributed by atoms with van der Waals surface area (Å²) >= 11 is 3.26. The van der Waals surface area contributed by atoms with E-state index in [0.29, 0.717) is 5.57 Å². The number of hydrogen-bond donors (Lipinski definition) is 0. The van der Waals surface area contributed by atoms with E-state index < -0.39 is 9.84 Å². The molecule has 0 fully saturated rings. The number of para-hydroxylation sites is 1. The highest BCUT2D eigenvalue weighted by molar-refractivity contribution is 9.10. The zero-order chi connectivity index (χ0) is 17.2. The average Bonchev–Trinajstić information content (AvgIpc) is 2.59. The van der Waals surface area contributed by atoms with Gasteiger partial charge in [0, 0.05) is 10.0 Å². The first kappa shape index (κ1) is 16.5. The fourth-order valence-corrected chi connectivity index (χ4v) is 3.74. The summed E-state index contributed by atoms with van der Waals surface area (Å²) in [6.45, 7) is 0.220. The zero-order valence-electron chi connectivity index (χ0n) is 12.4. The summed E-state index contributed by atoms with van der Waals surface area (Å²) in [6, 6.07) is 15.4. The molecule has 120 valence electrons. The Labute approximate surface area is 148 Å². The molecular formula is C18H12BrNO3S. The summed E-state index contributed by atoms with van der Waals surface area (Å²) in [5, 5.41) is 9.33. The number of benzene rings is 2. The second kappa shape index (κ2) is 6.63. The molecular weight excluding hydrogens is 390 g/mol. The standard InChI is InChI=1S/C18H12BrNO3S/c19-15-5-7-16(8-6-15)24(21,22)17(11-20)10-13-9-14-3-1-2-4-18(14)23-12-13/h1-10H,12H2/b17-10-. The topological polar surface area (TPSA) is 67.2 Å². The third kappa shape index (κ3) is 3.28. The molecule has 24 heavy (non-hydrogen) atoms. The fraction of sp³-hybridized carbons (Fsp3) is 0.0556. The molecule has 3 rings (SSSR count). The van der Waals surface area contributed by atoms with Gasteiger partial charge in [-0.15, -0.1) is 0 Å². The van der Waals surface area contributed by atoms with Crippen LogP contribution in [0.1, 0.15) is 5.56 Å². The van der Waals surface area contributed by atoms with Crippen LogP contribution >= 0.6 is 15.9 Å². The maximum atomic E-state index is 12.6. The molecule has 1 aliphatic rings. The summed E-state index contributed by atoms with van der Waals surface area (Å²) in [5.74, 6) is 0.740. The summed E-state index contributed by atoms with van der Waals surface area (Å²) in [4.78, 5) is -0.227. The fourth-order valence-electron chi connectivity index (χ4n) is 2.30. The number of sulfone groups is 1. The third-order valence-corrected chi connectivity index (χ3v) is 5.70. The predicted octanol–water partition coefficient (Wildman–Crippen LogP) is 4.11. The number of hydrogen-bond acceptors (Lipinski definition) is 4. The van der Waals surface area contributed by atoms with E-state index in [-0.39, 0.29) is 16.4 Å². The number of nitriles is 1. The van der Waals surface area contributed by atoms with Crippen LogP contribution in [0.15, 0.2) is 74.5 Å². The minimum atomic E-state index is -3.86. The molecule has 6 heteroatoms. The molecule has 2 aromatic rings. The van der Waals surface area contributed by atoms with Crippen LogP contribution < -0.4 is 4.74 Å². The minimum absolute atomic E-state index is 0.0798. The number of halogens is 1. The Morgan fingerprint density at radius 2 is 1.88 bits per heavy atom. The Balaban J connectivity index is 2.00. The first-order valence-electron chi connectivity index (χ1n) is 7.05. The van der Waals surface area contributed by atoms with Gasteiger partial charge < -0.3 is 4.74 Å². The summed E-state index contributed by atoms with van der Waals surface area (Å²) in [7, 11) is -3.86. The van der Waals surface area contributed by atoms with Crippen LogP contribution in [0.25, 0.3) is 6.08 Å². The predicted molar refractivity (Wildman–Crippen MR) is 94.9 cm³/mol. The molecule has 0 bridgehead atoms. The molecule has 1 heterocycles. The molecule has 4 nitrogen and oxygen atoms in total. The number of fused-ring (bicyclic) bond motifs is 1. The van der Waals surface area contributed by atoms with Gasteiger partial charge in [0.15, 0.2) is 0 Å². The van der Waals surface area contributed by atoms with Crippen molar-refractivity contribution in [1.29, 1.82) is 5.26 Å². The smallest absolute Gasteiger partial charge is 0.216 e. The number of nitrogens with zero attached hydrogens (tertiary/aromatic N) is 1. The second-order valence-electron chi connectivity index (χ2n) is 5.12. The molecule has 0 spiro atoms. The summed E-state index contributed by atoms with van der Waals surface area (Å²) in [6.07, 6.45) is 3.20. The van der Waals surface area contributed by atoms with E-state index in [2.05, 4.69) is 15.9 Å². The van der Waals surface area contributed by atoms with Crippen molar-refractivity contribution in [3.63, 3.8) is 0 Å². The Morgan fingerprint density at radius 3 is 2.58 bits per heavy atom. The maximum absolute atomic E-state index is 12.6. The summed E-state index contributed by atoms with van der Waals surface area (Å²) < 4.78 is 31.6. The SMILES string of the molecule is N#C/C(=C/C1=Cc2ccccc2OC1)S(=O)(=O)c1ccc(Br)cc1. The molecule has 2 aromatic carbocycles. The van der Waals surface area contributed by atoms with Gasteiger partial charge in [0.1, 0.15) is 23.3 Å². The van der Waals surface area contributed by atoms with Crippen LogP contribution in [0.4, 0.5) is 0 Å². The molecule has 0 amide bonds. The Kier molecular flexibility index (Phi) is 4.56. The number of ether oxygens (including phenoxy) is 1. The van der Waals surface area contributed by atoms with Gasteiger partial charge in [0.2, 0.25) is 9.84 Å². The highest BCUT2D eigenvalue weighted by Gasteiger charge is 2.22. The lowest BCUT2D eigenvalue weighted by molar-refractivity contribution is 0.351. The lowest BCUT2D eigenvalue weighted by Crippen LogP contribution is -2.09. The summed E-state index contributed by atoms with van der Waals surface area (Å²) in [5.41, 5.74) is 1.49. The van der Waals surface area contributed by atoms with Crippen LogP contribution in [0.3, 0.4) is 0 Å². The van der Waals surface area contributed by atoms with E-state index in [1.165, 1.54) is 18.2 Å². The van der Waals surface area contributed by atoms with Crippen LogP contribution in [0, 0.1) is 11.3 Å². The molecule has 0 unspecified atom stereocenters. The average molecular weight is 402 g/mol. The van der Waals surface area contributed by atoms with Gasteiger partial charge in [0.05, 0.1) is 4.90 Å². The lowest BCUT2D eigenvalue weighted by atomic mass is 10.1.